The Morgan fingerprint density at radius 1 is 1.25 bits per heavy atom. The molecule has 2 nitrogen and oxygen atoms in total. The summed E-state index contributed by atoms with van der Waals surface area (Å²) in [5.41, 5.74) is 5.94. The number of hydrogen-bond donors (Lipinski definition) is 0. The minimum atomic E-state index is -0.235. The van der Waals surface area contributed by atoms with Gasteiger partial charge in [-0.1, -0.05) is 45.4 Å². The van der Waals surface area contributed by atoms with E-state index in [0.717, 1.165) is 24.2 Å². The van der Waals surface area contributed by atoms with E-state index in [-0.39, 0.29) is 5.97 Å². The number of esters is 1. The molecule has 0 N–H and O–H groups in total. The van der Waals surface area contributed by atoms with Crippen LogP contribution in [0.25, 0.3) is 0 Å². The minimum Gasteiger partial charge on any atom is -0.426 e. The minimum absolute atomic E-state index is 0.235. The van der Waals surface area contributed by atoms with Gasteiger partial charge in [0.1, 0.15) is 5.75 Å². The molecule has 0 aromatic heterocycles. The highest BCUT2D eigenvalue weighted by Crippen LogP contribution is 2.47. The molecule has 0 spiro atoms. The van der Waals surface area contributed by atoms with Gasteiger partial charge in [-0.2, -0.15) is 0 Å². The fourth-order valence-corrected chi connectivity index (χ4v) is 4.52. The van der Waals surface area contributed by atoms with Crippen molar-refractivity contribution in [3.63, 3.8) is 0 Å². The number of rotatable bonds is 2. The second-order valence-corrected chi connectivity index (χ2v) is 8.48. The van der Waals surface area contributed by atoms with Gasteiger partial charge in [-0.15, -0.1) is 0 Å². The summed E-state index contributed by atoms with van der Waals surface area (Å²) in [5.74, 6) is 1.55. The predicted octanol–water partition coefficient (Wildman–Crippen LogP) is 5.59. The maximum atomic E-state index is 11.5. The van der Waals surface area contributed by atoms with Crippen LogP contribution in [0.3, 0.4) is 0 Å². The summed E-state index contributed by atoms with van der Waals surface area (Å²) in [4.78, 5) is 11.5. The first-order chi connectivity index (χ1) is 11.3. The van der Waals surface area contributed by atoms with E-state index in [0.29, 0.717) is 17.3 Å². The van der Waals surface area contributed by atoms with Crippen LogP contribution in [0.1, 0.15) is 76.5 Å². The first kappa shape index (κ1) is 17.3. The lowest BCUT2D eigenvalue weighted by Crippen LogP contribution is -2.29. The molecule has 0 aliphatic heterocycles. The van der Waals surface area contributed by atoms with Crippen molar-refractivity contribution >= 4 is 5.97 Å². The van der Waals surface area contributed by atoms with Gasteiger partial charge in [0.05, 0.1) is 0 Å². The summed E-state index contributed by atoms with van der Waals surface area (Å²) >= 11 is 0. The number of ether oxygens (including phenoxy) is 1. The summed E-state index contributed by atoms with van der Waals surface area (Å²) in [7, 11) is 0. The molecule has 1 atom stereocenters. The molecule has 1 aromatic rings. The SMILES string of the molecule is CC(=O)Oc1cc2c(cc1C(C)C)CCC1C(=CCCC1(C)C)C2. The molecular formula is C22H30O2. The van der Waals surface area contributed by atoms with E-state index < -0.39 is 0 Å². The summed E-state index contributed by atoms with van der Waals surface area (Å²) < 4.78 is 5.53. The lowest BCUT2D eigenvalue weighted by atomic mass is 9.66. The summed E-state index contributed by atoms with van der Waals surface area (Å²) in [6.45, 7) is 10.7. The second-order valence-electron chi connectivity index (χ2n) is 8.48. The summed E-state index contributed by atoms with van der Waals surface area (Å²) in [5, 5.41) is 0. The summed E-state index contributed by atoms with van der Waals surface area (Å²) in [6.07, 6.45) is 8.31. The Labute approximate surface area is 146 Å². The number of carbonyl (C=O) groups excluding carboxylic acids is 1. The van der Waals surface area contributed by atoms with Gasteiger partial charge in [0.2, 0.25) is 0 Å². The van der Waals surface area contributed by atoms with Gasteiger partial charge in [-0.3, -0.25) is 4.79 Å². The van der Waals surface area contributed by atoms with Crippen LogP contribution < -0.4 is 4.74 Å². The third-order valence-corrected chi connectivity index (χ3v) is 5.89. The maximum absolute atomic E-state index is 11.5. The van der Waals surface area contributed by atoms with Crippen LogP contribution in [0.15, 0.2) is 23.8 Å². The number of carbonyl (C=O) groups is 1. The van der Waals surface area contributed by atoms with Gasteiger partial charge in [-0.25, -0.2) is 0 Å². The molecule has 0 saturated carbocycles. The lowest BCUT2D eigenvalue weighted by molar-refractivity contribution is -0.131. The van der Waals surface area contributed by atoms with Crippen molar-refractivity contribution in [3.05, 3.63) is 40.5 Å². The monoisotopic (exact) mass is 326 g/mol. The zero-order valence-corrected chi connectivity index (χ0v) is 15.7. The van der Waals surface area contributed by atoms with Crippen molar-refractivity contribution in [3.8, 4) is 5.75 Å². The molecule has 2 aliphatic rings. The Hall–Kier alpha value is -1.57. The Bertz CT molecular complexity index is 679. The number of benzene rings is 1. The van der Waals surface area contributed by atoms with Crippen molar-refractivity contribution in [1.82, 2.24) is 0 Å². The number of allylic oxidation sites excluding steroid dienone is 2. The molecule has 2 aliphatic carbocycles. The van der Waals surface area contributed by atoms with E-state index >= 15 is 0 Å². The van der Waals surface area contributed by atoms with Gasteiger partial charge in [0.25, 0.3) is 0 Å². The maximum Gasteiger partial charge on any atom is 0.308 e. The van der Waals surface area contributed by atoms with E-state index in [9.17, 15) is 4.79 Å². The Kier molecular flexibility index (Phi) is 4.59. The van der Waals surface area contributed by atoms with Gasteiger partial charge >= 0.3 is 5.97 Å². The molecular weight excluding hydrogens is 296 g/mol. The van der Waals surface area contributed by atoms with Crippen molar-refractivity contribution in [2.24, 2.45) is 11.3 Å². The third kappa shape index (κ3) is 3.29. The first-order valence-electron chi connectivity index (χ1n) is 9.31. The molecule has 2 heteroatoms. The highest BCUT2D eigenvalue weighted by molar-refractivity contribution is 5.70. The Morgan fingerprint density at radius 2 is 2.00 bits per heavy atom. The van der Waals surface area contributed by atoms with Crippen LogP contribution in [0, 0.1) is 11.3 Å². The van der Waals surface area contributed by atoms with Gasteiger partial charge in [0, 0.05) is 6.92 Å². The van der Waals surface area contributed by atoms with Crippen LogP contribution in [0.4, 0.5) is 0 Å². The van der Waals surface area contributed by atoms with Gasteiger partial charge in [0.15, 0.2) is 0 Å². The molecule has 3 rings (SSSR count). The Balaban J connectivity index is 2.02. The molecule has 0 amide bonds. The smallest absolute Gasteiger partial charge is 0.308 e. The van der Waals surface area contributed by atoms with Gasteiger partial charge in [-0.05, 0) is 72.1 Å². The van der Waals surface area contributed by atoms with E-state index in [1.54, 1.807) is 5.57 Å². The standard InChI is InChI=1S/C22H30O2/c1-14(2)19-12-16-8-9-20-17(7-6-10-22(20,4)5)11-18(16)13-21(19)24-15(3)23/h7,12-14,20H,6,8-11H2,1-5H3. The lowest BCUT2D eigenvalue weighted by Gasteiger charge is -2.39. The average Bonchev–Trinajstić information content (AvgIpc) is 2.64. The van der Waals surface area contributed by atoms with Gasteiger partial charge < -0.3 is 4.74 Å². The topological polar surface area (TPSA) is 26.3 Å². The second kappa shape index (κ2) is 6.38. The van der Waals surface area contributed by atoms with Crippen molar-refractivity contribution in [1.29, 1.82) is 0 Å². The quantitative estimate of drug-likeness (QED) is 0.402. The fraction of sp³-hybridized carbons (Fsp3) is 0.591. The molecule has 0 fully saturated rings. The summed E-state index contributed by atoms with van der Waals surface area (Å²) in [6, 6.07) is 4.43. The molecule has 1 unspecified atom stereocenters. The van der Waals surface area contributed by atoms with Crippen molar-refractivity contribution in [2.75, 3.05) is 0 Å². The van der Waals surface area contributed by atoms with E-state index in [4.69, 9.17) is 4.74 Å². The molecule has 0 saturated heterocycles. The fourth-order valence-electron chi connectivity index (χ4n) is 4.52. The molecule has 0 heterocycles. The third-order valence-electron chi connectivity index (χ3n) is 5.89. The van der Waals surface area contributed by atoms with Crippen molar-refractivity contribution < 1.29 is 9.53 Å². The van der Waals surface area contributed by atoms with E-state index in [2.05, 4.69) is 45.9 Å². The van der Waals surface area contributed by atoms with Crippen LogP contribution in [-0.2, 0) is 17.6 Å². The van der Waals surface area contributed by atoms with Crippen LogP contribution >= 0.6 is 0 Å². The van der Waals surface area contributed by atoms with E-state index in [1.807, 2.05) is 0 Å². The first-order valence-corrected chi connectivity index (χ1v) is 9.31. The molecule has 130 valence electrons. The largest absolute Gasteiger partial charge is 0.426 e. The average molecular weight is 326 g/mol. The van der Waals surface area contributed by atoms with Crippen LogP contribution in [0.5, 0.6) is 5.75 Å². The zero-order valence-electron chi connectivity index (χ0n) is 15.7. The molecule has 0 radical (unpaired) electrons. The molecule has 0 bridgehead atoms. The predicted molar refractivity (Wildman–Crippen MR) is 98.5 cm³/mol. The highest BCUT2D eigenvalue weighted by atomic mass is 16.5. The zero-order chi connectivity index (χ0) is 17.5. The Morgan fingerprint density at radius 3 is 2.67 bits per heavy atom. The number of aryl methyl sites for hydroxylation is 1. The van der Waals surface area contributed by atoms with Crippen molar-refractivity contribution in [2.45, 2.75) is 72.6 Å². The van der Waals surface area contributed by atoms with E-state index in [1.165, 1.54) is 37.3 Å². The van der Waals surface area contributed by atoms with Crippen LogP contribution in [0.2, 0.25) is 0 Å². The highest BCUT2D eigenvalue weighted by Gasteiger charge is 2.36. The molecule has 24 heavy (non-hydrogen) atoms. The molecule has 1 aromatic carbocycles. The normalized spacial score (nSPS) is 22.2. The number of fused-ring (bicyclic) bond motifs is 2. The van der Waals surface area contributed by atoms with Crippen LogP contribution in [-0.4, -0.2) is 5.97 Å². The number of hydrogen-bond acceptors (Lipinski definition) is 2.